The average Bonchev–Trinajstić information content (AvgIpc) is 3.27. The fourth-order valence-corrected chi connectivity index (χ4v) is 5.00. The van der Waals surface area contributed by atoms with Gasteiger partial charge in [0.05, 0.1) is 23.6 Å². The van der Waals surface area contributed by atoms with Gasteiger partial charge in [-0.3, -0.25) is 9.69 Å². The lowest BCUT2D eigenvalue weighted by Crippen LogP contribution is -2.48. The third-order valence-corrected chi connectivity index (χ3v) is 6.86. The highest BCUT2D eigenvalue weighted by molar-refractivity contribution is 5.97. The lowest BCUT2D eigenvalue weighted by Gasteiger charge is -2.34. The fraction of sp³-hybridized carbons (Fsp3) is 0.258. The Morgan fingerprint density at radius 2 is 1.47 bits per heavy atom. The van der Waals surface area contributed by atoms with Gasteiger partial charge < -0.3 is 14.2 Å². The number of amides is 1. The molecule has 5 nitrogen and oxygen atoms in total. The van der Waals surface area contributed by atoms with Gasteiger partial charge in [-0.25, -0.2) is 0 Å². The monoisotopic (exact) mass is 479 g/mol. The van der Waals surface area contributed by atoms with Crippen molar-refractivity contribution in [3.05, 3.63) is 108 Å². The first-order valence-corrected chi connectivity index (χ1v) is 12.7. The van der Waals surface area contributed by atoms with E-state index in [2.05, 4.69) is 51.9 Å². The van der Waals surface area contributed by atoms with Crippen LogP contribution in [0, 0.1) is 6.92 Å². The van der Waals surface area contributed by atoms with Gasteiger partial charge in [0.1, 0.15) is 5.75 Å². The molecule has 0 atom stereocenters. The molecule has 3 aromatic carbocycles. The van der Waals surface area contributed by atoms with Crippen LogP contribution >= 0.6 is 0 Å². The van der Waals surface area contributed by atoms with E-state index in [1.54, 1.807) is 0 Å². The van der Waals surface area contributed by atoms with Crippen molar-refractivity contribution in [1.82, 2.24) is 14.4 Å². The summed E-state index contributed by atoms with van der Waals surface area (Å²) in [5.41, 5.74) is 5.99. The van der Waals surface area contributed by atoms with Crippen LogP contribution < -0.4 is 4.74 Å². The van der Waals surface area contributed by atoms with Crippen molar-refractivity contribution in [1.29, 1.82) is 0 Å². The van der Waals surface area contributed by atoms with Crippen LogP contribution in [0.4, 0.5) is 0 Å². The first-order valence-electron chi connectivity index (χ1n) is 12.7. The number of para-hydroxylation sites is 2. The molecule has 5 heteroatoms. The van der Waals surface area contributed by atoms with Crippen molar-refractivity contribution < 1.29 is 9.53 Å². The Kier molecular flexibility index (Phi) is 7.19. The van der Waals surface area contributed by atoms with E-state index in [0.29, 0.717) is 6.61 Å². The molecule has 0 aliphatic carbocycles. The summed E-state index contributed by atoms with van der Waals surface area (Å²) in [4.78, 5) is 18.2. The SMILES string of the molecule is CCOc1ccccc1-n1c(-c2ccccc2)cc(C(=O)N2CCN(Cc3ccccc3)CC2)c1C. The highest BCUT2D eigenvalue weighted by Gasteiger charge is 2.27. The summed E-state index contributed by atoms with van der Waals surface area (Å²) in [7, 11) is 0. The smallest absolute Gasteiger partial charge is 0.255 e. The average molecular weight is 480 g/mol. The molecule has 1 aromatic heterocycles. The second-order valence-electron chi connectivity index (χ2n) is 9.18. The maximum atomic E-state index is 13.8. The largest absolute Gasteiger partial charge is 0.492 e. The molecule has 1 aliphatic heterocycles. The van der Waals surface area contributed by atoms with Crippen LogP contribution in [-0.4, -0.2) is 53.1 Å². The molecule has 5 rings (SSSR count). The molecule has 0 spiro atoms. The van der Waals surface area contributed by atoms with E-state index in [9.17, 15) is 4.79 Å². The summed E-state index contributed by atoms with van der Waals surface area (Å²) in [6.45, 7) is 8.73. The Hall–Kier alpha value is -3.83. The Bertz CT molecular complexity index is 1310. The maximum Gasteiger partial charge on any atom is 0.255 e. The molecule has 0 N–H and O–H groups in total. The first-order chi connectivity index (χ1) is 17.7. The zero-order valence-electron chi connectivity index (χ0n) is 21.1. The Labute approximate surface area is 213 Å². The normalized spacial score (nSPS) is 14.1. The Morgan fingerprint density at radius 3 is 2.17 bits per heavy atom. The second-order valence-corrected chi connectivity index (χ2v) is 9.18. The molecule has 2 heterocycles. The number of ether oxygens (including phenoxy) is 1. The quantitative estimate of drug-likeness (QED) is 0.336. The van der Waals surface area contributed by atoms with Crippen LogP contribution in [0.3, 0.4) is 0 Å². The standard InChI is InChI=1S/C31H33N3O2/c1-3-36-30-17-11-10-16-28(30)34-24(2)27(22-29(34)26-14-8-5-9-15-26)31(35)33-20-18-32(19-21-33)23-25-12-6-4-7-13-25/h4-17,22H,3,18-21,23H2,1-2H3. The summed E-state index contributed by atoms with van der Waals surface area (Å²) < 4.78 is 8.13. The van der Waals surface area contributed by atoms with Crippen LogP contribution in [0.15, 0.2) is 91.0 Å². The minimum atomic E-state index is 0.0942. The molecule has 1 fully saturated rings. The maximum absolute atomic E-state index is 13.8. The topological polar surface area (TPSA) is 37.7 Å². The summed E-state index contributed by atoms with van der Waals surface area (Å²) >= 11 is 0. The van der Waals surface area contributed by atoms with E-state index in [1.165, 1.54) is 5.56 Å². The lowest BCUT2D eigenvalue weighted by atomic mass is 10.1. The second kappa shape index (κ2) is 10.8. The van der Waals surface area contributed by atoms with E-state index in [1.807, 2.05) is 67.3 Å². The fourth-order valence-electron chi connectivity index (χ4n) is 5.00. The van der Waals surface area contributed by atoms with Crippen molar-refractivity contribution >= 4 is 5.91 Å². The van der Waals surface area contributed by atoms with E-state index in [0.717, 1.165) is 66.7 Å². The van der Waals surface area contributed by atoms with Gasteiger partial charge in [-0.2, -0.15) is 0 Å². The molecule has 0 saturated carbocycles. The highest BCUT2D eigenvalue weighted by atomic mass is 16.5. The summed E-state index contributed by atoms with van der Waals surface area (Å²) in [6.07, 6.45) is 0. The number of hydrogen-bond acceptors (Lipinski definition) is 3. The molecular formula is C31H33N3O2. The minimum Gasteiger partial charge on any atom is -0.492 e. The molecule has 0 unspecified atom stereocenters. The van der Waals surface area contributed by atoms with Crippen molar-refractivity contribution in [2.45, 2.75) is 20.4 Å². The number of hydrogen-bond donors (Lipinski definition) is 0. The number of nitrogens with zero attached hydrogens (tertiary/aromatic N) is 3. The van der Waals surface area contributed by atoms with Crippen LogP contribution in [0.1, 0.15) is 28.5 Å². The molecular weight excluding hydrogens is 446 g/mol. The van der Waals surface area contributed by atoms with Gasteiger partial charge >= 0.3 is 0 Å². The third kappa shape index (κ3) is 4.93. The van der Waals surface area contributed by atoms with Crippen LogP contribution in [0.25, 0.3) is 16.9 Å². The number of carbonyl (C=O) groups is 1. The zero-order valence-corrected chi connectivity index (χ0v) is 21.1. The summed E-state index contributed by atoms with van der Waals surface area (Å²) in [5, 5.41) is 0. The molecule has 1 saturated heterocycles. The van der Waals surface area contributed by atoms with Crippen LogP contribution in [0.5, 0.6) is 5.75 Å². The summed E-state index contributed by atoms with van der Waals surface area (Å²) in [5.74, 6) is 0.904. The van der Waals surface area contributed by atoms with Crippen molar-refractivity contribution in [2.75, 3.05) is 32.8 Å². The van der Waals surface area contributed by atoms with Crippen molar-refractivity contribution in [2.24, 2.45) is 0 Å². The van der Waals surface area contributed by atoms with E-state index < -0.39 is 0 Å². The number of carbonyl (C=O) groups excluding carboxylic acids is 1. The van der Waals surface area contributed by atoms with Crippen LogP contribution in [0.2, 0.25) is 0 Å². The van der Waals surface area contributed by atoms with Gasteiger partial charge in [-0.15, -0.1) is 0 Å². The van der Waals surface area contributed by atoms with Gasteiger partial charge in [-0.1, -0.05) is 72.8 Å². The molecule has 184 valence electrons. The van der Waals surface area contributed by atoms with E-state index >= 15 is 0 Å². The van der Waals surface area contributed by atoms with E-state index in [-0.39, 0.29) is 5.91 Å². The summed E-state index contributed by atoms with van der Waals surface area (Å²) in [6, 6.07) is 30.9. The predicted molar refractivity (Wildman–Crippen MR) is 145 cm³/mol. The number of aromatic nitrogens is 1. The Balaban J connectivity index is 1.44. The molecule has 1 aliphatic rings. The van der Waals surface area contributed by atoms with Gasteiger partial charge in [-0.05, 0) is 43.2 Å². The van der Waals surface area contributed by atoms with Gasteiger partial charge in [0.15, 0.2) is 0 Å². The zero-order chi connectivity index (χ0) is 24.9. The molecule has 1 amide bonds. The van der Waals surface area contributed by atoms with Gasteiger partial charge in [0.25, 0.3) is 5.91 Å². The molecule has 36 heavy (non-hydrogen) atoms. The van der Waals surface area contributed by atoms with Crippen molar-refractivity contribution in [3.8, 4) is 22.7 Å². The number of piperazine rings is 1. The van der Waals surface area contributed by atoms with Gasteiger partial charge in [0, 0.05) is 38.4 Å². The van der Waals surface area contributed by atoms with Crippen molar-refractivity contribution in [3.63, 3.8) is 0 Å². The van der Waals surface area contributed by atoms with Crippen LogP contribution in [-0.2, 0) is 6.54 Å². The predicted octanol–water partition coefficient (Wildman–Crippen LogP) is 5.81. The van der Waals surface area contributed by atoms with Gasteiger partial charge in [0.2, 0.25) is 0 Å². The number of benzene rings is 3. The lowest BCUT2D eigenvalue weighted by molar-refractivity contribution is 0.0628. The minimum absolute atomic E-state index is 0.0942. The first kappa shape index (κ1) is 23.9. The molecule has 0 bridgehead atoms. The highest BCUT2D eigenvalue weighted by Crippen LogP contribution is 2.34. The third-order valence-electron chi connectivity index (χ3n) is 6.86. The molecule has 4 aromatic rings. The number of rotatable bonds is 7. The molecule has 0 radical (unpaired) electrons. The van der Waals surface area contributed by atoms with E-state index in [4.69, 9.17) is 4.74 Å². The Morgan fingerprint density at radius 1 is 0.833 bits per heavy atom.